The molecule has 0 bridgehead atoms. The summed E-state index contributed by atoms with van der Waals surface area (Å²) >= 11 is 7.43. The normalized spacial score (nSPS) is 15.8. The molecule has 1 atom stereocenters. The minimum absolute atomic E-state index is 0.0327. The summed E-state index contributed by atoms with van der Waals surface area (Å²) in [5.74, 6) is -0.898. The molecular formula is C22H14ClFN2O3S. The van der Waals surface area contributed by atoms with Gasteiger partial charge in [-0.3, -0.25) is 14.5 Å². The highest BCUT2D eigenvalue weighted by Gasteiger charge is 2.45. The molecule has 150 valence electrons. The molecule has 0 N–H and O–H groups in total. The standard InChI is InChI=1S/C22H14ClFN2O3S/c1-10-11(2)30-22(25-10)26-18(12-3-6-14(24)7-4-12)17-19(27)15-9-13(23)5-8-16(15)29-20(17)21(26)28/h3-9,18H,1-2H3/t18-/m1/s1. The minimum Gasteiger partial charge on any atom is -0.450 e. The molecule has 8 heteroatoms. The van der Waals surface area contributed by atoms with Gasteiger partial charge in [0, 0.05) is 9.90 Å². The SMILES string of the molecule is Cc1nc(N2C(=O)c3oc4ccc(Cl)cc4c(=O)c3[C@H]2c2ccc(F)cc2)sc1C. The third-order valence-electron chi connectivity index (χ3n) is 5.24. The maximum Gasteiger partial charge on any atom is 0.297 e. The van der Waals surface area contributed by atoms with E-state index in [-0.39, 0.29) is 27.7 Å². The summed E-state index contributed by atoms with van der Waals surface area (Å²) in [6, 6.07) is 9.63. The Morgan fingerprint density at radius 3 is 2.53 bits per heavy atom. The lowest BCUT2D eigenvalue weighted by atomic mass is 9.99. The molecule has 0 radical (unpaired) electrons. The molecule has 1 aliphatic rings. The van der Waals surface area contributed by atoms with Gasteiger partial charge in [-0.05, 0) is 49.7 Å². The van der Waals surface area contributed by atoms with Crippen molar-refractivity contribution in [3.63, 3.8) is 0 Å². The van der Waals surface area contributed by atoms with Crippen molar-refractivity contribution in [2.75, 3.05) is 4.90 Å². The topological polar surface area (TPSA) is 63.4 Å². The number of carbonyl (C=O) groups is 1. The fourth-order valence-corrected chi connectivity index (χ4v) is 4.77. The number of anilines is 1. The van der Waals surface area contributed by atoms with Crippen LogP contribution in [0.3, 0.4) is 0 Å². The number of fused-ring (bicyclic) bond motifs is 2. The van der Waals surface area contributed by atoms with E-state index in [9.17, 15) is 14.0 Å². The zero-order chi connectivity index (χ0) is 21.2. The molecule has 2 aromatic heterocycles. The Morgan fingerprint density at radius 2 is 1.87 bits per heavy atom. The molecule has 0 saturated carbocycles. The second-order valence-corrected chi connectivity index (χ2v) is 8.70. The van der Waals surface area contributed by atoms with Crippen molar-refractivity contribution in [2.45, 2.75) is 19.9 Å². The van der Waals surface area contributed by atoms with E-state index in [1.165, 1.54) is 34.4 Å². The van der Waals surface area contributed by atoms with Gasteiger partial charge < -0.3 is 4.42 Å². The summed E-state index contributed by atoms with van der Waals surface area (Å²) in [7, 11) is 0. The van der Waals surface area contributed by atoms with E-state index in [0.29, 0.717) is 15.7 Å². The molecule has 0 saturated heterocycles. The number of aryl methyl sites for hydroxylation is 2. The van der Waals surface area contributed by atoms with Gasteiger partial charge in [-0.1, -0.05) is 23.7 Å². The molecule has 1 aliphatic heterocycles. The van der Waals surface area contributed by atoms with Gasteiger partial charge in [-0.15, -0.1) is 11.3 Å². The Kier molecular flexibility index (Phi) is 4.27. The molecule has 2 aromatic carbocycles. The third-order valence-corrected chi connectivity index (χ3v) is 6.55. The van der Waals surface area contributed by atoms with E-state index in [2.05, 4.69) is 4.98 Å². The van der Waals surface area contributed by atoms with E-state index in [1.807, 2.05) is 13.8 Å². The van der Waals surface area contributed by atoms with Gasteiger partial charge >= 0.3 is 0 Å². The number of hydrogen-bond acceptors (Lipinski definition) is 5. The predicted molar refractivity (Wildman–Crippen MR) is 114 cm³/mol. The van der Waals surface area contributed by atoms with Crippen molar-refractivity contribution in [3.05, 3.63) is 91.0 Å². The predicted octanol–water partition coefficient (Wildman–Crippen LogP) is 5.41. The second-order valence-electron chi connectivity index (χ2n) is 7.08. The minimum atomic E-state index is -0.780. The highest BCUT2D eigenvalue weighted by Crippen LogP contribution is 2.43. The quantitative estimate of drug-likeness (QED) is 0.418. The highest BCUT2D eigenvalue weighted by molar-refractivity contribution is 7.15. The van der Waals surface area contributed by atoms with Crippen molar-refractivity contribution in [3.8, 4) is 0 Å². The summed E-state index contributed by atoms with van der Waals surface area (Å²) in [6.45, 7) is 3.77. The Hall–Kier alpha value is -3.03. The maximum atomic E-state index is 13.6. The summed E-state index contributed by atoms with van der Waals surface area (Å²) in [4.78, 5) is 33.8. The van der Waals surface area contributed by atoms with E-state index in [0.717, 1.165) is 10.6 Å². The van der Waals surface area contributed by atoms with Gasteiger partial charge in [-0.2, -0.15) is 0 Å². The van der Waals surface area contributed by atoms with E-state index in [1.54, 1.807) is 24.3 Å². The van der Waals surface area contributed by atoms with Crippen molar-refractivity contribution in [2.24, 2.45) is 0 Å². The van der Waals surface area contributed by atoms with E-state index < -0.39 is 17.8 Å². The first-order valence-corrected chi connectivity index (χ1v) is 10.3. The molecule has 5 nitrogen and oxygen atoms in total. The lowest BCUT2D eigenvalue weighted by molar-refractivity contribution is 0.0971. The number of hydrogen-bond donors (Lipinski definition) is 0. The average Bonchev–Trinajstić information content (AvgIpc) is 3.20. The third kappa shape index (κ3) is 2.77. The van der Waals surface area contributed by atoms with Crippen LogP contribution in [0.15, 0.2) is 51.7 Å². The van der Waals surface area contributed by atoms with Crippen LogP contribution >= 0.6 is 22.9 Å². The molecule has 0 spiro atoms. The number of thiazole rings is 1. The van der Waals surface area contributed by atoms with Crippen molar-refractivity contribution in [1.82, 2.24) is 4.98 Å². The van der Waals surface area contributed by atoms with Crippen molar-refractivity contribution >= 4 is 44.9 Å². The largest absolute Gasteiger partial charge is 0.450 e. The smallest absolute Gasteiger partial charge is 0.297 e. The van der Waals surface area contributed by atoms with Crippen LogP contribution in [0.4, 0.5) is 9.52 Å². The fraction of sp³-hybridized carbons (Fsp3) is 0.136. The lowest BCUT2D eigenvalue weighted by Gasteiger charge is -2.22. The van der Waals surface area contributed by atoms with Gasteiger partial charge in [0.1, 0.15) is 11.4 Å². The van der Waals surface area contributed by atoms with Crippen LogP contribution in [0, 0.1) is 19.7 Å². The van der Waals surface area contributed by atoms with Crippen LogP contribution in [0.25, 0.3) is 11.0 Å². The second kappa shape index (κ2) is 6.75. The monoisotopic (exact) mass is 440 g/mol. The van der Waals surface area contributed by atoms with Crippen LogP contribution in [-0.2, 0) is 0 Å². The number of benzene rings is 2. The first-order valence-electron chi connectivity index (χ1n) is 9.14. The summed E-state index contributed by atoms with van der Waals surface area (Å²) in [5, 5.41) is 1.13. The van der Waals surface area contributed by atoms with E-state index in [4.69, 9.17) is 16.0 Å². The summed E-state index contributed by atoms with van der Waals surface area (Å²) in [6.07, 6.45) is 0. The molecule has 4 aromatic rings. The summed E-state index contributed by atoms with van der Waals surface area (Å²) in [5.41, 5.74) is 1.52. The Balaban J connectivity index is 1.82. The molecular weight excluding hydrogens is 427 g/mol. The van der Waals surface area contributed by atoms with Crippen LogP contribution < -0.4 is 10.3 Å². The zero-order valence-corrected chi connectivity index (χ0v) is 17.5. The van der Waals surface area contributed by atoms with E-state index >= 15 is 0 Å². The Bertz CT molecular complexity index is 1370. The molecule has 1 amide bonds. The Labute approximate surface area is 179 Å². The number of rotatable bonds is 2. The highest BCUT2D eigenvalue weighted by atomic mass is 35.5. The molecule has 0 fully saturated rings. The summed E-state index contributed by atoms with van der Waals surface area (Å²) < 4.78 is 19.4. The molecule has 3 heterocycles. The first-order chi connectivity index (χ1) is 14.3. The molecule has 5 rings (SSSR count). The van der Waals surface area contributed by atoms with Gasteiger partial charge in [0.15, 0.2) is 10.6 Å². The van der Waals surface area contributed by atoms with Crippen LogP contribution in [0.1, 0.15) is 38.3 Å². The van der Waals surface area contributed by atoms with Crippen LogP contribution in [0.5, 0.6) is 0 Å². The molecule has 30 heavy (non-hydrogen) atoms. The van der Waals surface area contributed by atoms with Crippen molar-refractivity contribution in [1.29, 1.82) is 0 Å². The molecule has 0 aliphatic carbocycles. The van der Waals surface area contributed by atoms with Crippen molar-refractivity contribution < 1.29 is 13.6 Å². The van der Waals surface area contributed by atoms with Gasteiger partial charge in [0.05, 0.1) is 22.7 Å². The van der Waals surface area contributed by atoms with Gasteiger partial charge in [0.2, 0.25) is 5.76 Å². The average molecular weight is 441 g/mol. The van der Waals surface area contributed by atoms with Crippen LogP contribution in [0.2, 0.25) is 5.02 Å². The maximum absolute atomic E-state index is 13.6. The fourth-order valence-electron chi connectivity index (χ4n) is 3.66. The Morgan fingerprint density at radius 1 is 1.13 bits per heavy atom. The van der Waals surface area contributed by atoms with Gasteiger partial charge in [0.25, 0.3) is 5.91 Å². The first kappa shape index (κ1) is 19.0. The molecule has 0 unspecified atom stereocenters. The number of halogens is 2. The number of carbonyl (C=O) groups excluding carboxylic acids is 1. The zero-order valence-electron chi connectivity index (χ0n) is 15.9. The number of nitrogens with zero attached hydrogens (tertiary/aromatic N) is 2. The number of amides is 1. The van der Waals surface area contributed by atoms with Gasteiger partial charge in [-0.25, -0.2) is 9.37 Å². The van der Waals surface area contributed by atoms with Crippen LogP contribution in [-0.4, -0.2) is 10.9 Å². The number of aromatic nitrogens is 1. The lowest BCUT2D eigenvalue weighted by Crippen LogP contribution is -2.29.